The van der Waals surface area contributed by atoms with E-state index in [4.69, 9.17) is 9.47 Å². The zero-order chi connectivity index (χ0) is 19.6. The molecule has 1 aliphatic heterocycles. The van der Waals surface area contributed by atoms with Crippen LogP contribution in [-0.4, -0.2) is 27.2 Å². The lowest BCUT2D eigenvalue weighted by molar-refractivity contribution is -0.117. The number of carbonyl (C=O) groups is 1. The molecule has 4 nitrogen and oxygen atoms in total. The van der Waals surface area contributed by atoms with Crippen LogP contribution in [0, 0.1) is 6.92 Å². The van der Waals surface area contributed by atoms with Gasteiger partial charge in [0.25, 0.3) is 0 Å². The van der Waals surface area contributed by atoms with E-state index in [0.717, 1.165) is 52.3 Å². The number of anilines is 1. The first-order chi connectivity index (χ1) is 13.0. The summed E-state index contributed by atoms with van der Waals surface area (Å²) >= 11 is 0. The van der Waals surface area contributed by atoms with Crippen molar-refractivity contribution in [3.63, 3.8) is 0 Å². The van der Waals surface area contributed by atoms with Crippen molar-refractivity contribution in [3.8, 4) is 22.6 Å². The normalized spacial score (nSPS) is 13.1. The Bertz CT molecular complexity index is 832. The Hall–Kier alpha value is -2.49. The van der Waals surface area contributed by atoms with Crippen LogP contribution in [0.1, 0.15) is 42.9 Å². The highest BCUT2D eigenvalue weighted by Crippen LogP contribution is 2.46. The molecule has 144 valence electrons. The molecule has 0 bridgehead atoms. The maximum absolute atomic E-state index is 12.3. The van der Waals surface area contributed by atoms with Gasteiger partial charge in [0.05, 0.1) is 26.2 Å². The minimum absolute atomic E-state index is 0.117. The number of ether oxygens (including phenoxy) is 2. The standard InChI is InChI=1S/C23H29NO3/c1-6-7-8-9-16-12-19(26-4)23(20(13-16)27-5)22-15(2)10-11-18-17(22)14-21(25)24(18)3/h10-13H,6-9,14H2,1-5H3. The summed E-state index contributed by atoms with van der Waals surface area (Å²) in [5, 5.41) is 0. The Morgan fingerprint density at radius 2 is 1.70 bits per heavy atom. The van der Waals surface area contributed by atoms with Crippen molar-refractivity contribution < 1.29 is 14.3 Å². The van der Waals surface area contributed by atoms with Crippen LogP contribution in [0.2, 0.25) is 0 Å². The lowest BCUT2D eigenvalue weighted by atomic mass is 9.90. The van der Waals surface area contributed by atoms with Gasteiger partial charge in [-0.2, -0.15) is 0 Å². The van der Waals surface area contributed by atoms with Gasteiger partial charge in [0.2, 0.25) is 5.91 Å². The third-order valence-electron chi connectivity index (χ3n) is 5.44. The molecule has 0 unspecified atom stereocenters. The fourth-order valence-corrected chi connectivity index (χ4v) is 3.94. The third-order valence-corrected chi connectivity index (χ3v) is 5.44. The number of rotatable bonds is 7. The quantitative estimate of drug-likeness (QED) is 0.651. The summed E-state index contributed by atoms with van der Waals surface area (Å²) in [5.41, 5.74) is 6.36. The van der Waals surface area contributed by atoms with E-state index in [2.05, 4.69) is 32.0 Å². The molecule has 0 saturated carbocycles. The summed E-state index contributed by atoms with van der Waals surface area (Å²) in [7, 11) is 5.23. The fraction of sp³-hybridized carbons (Fsp3) is 0.435. The molecule has 0 saturated heterocycles. The largest absolute Gasteiger partial charge is 0.496 e. The van der Waals surface area contributed by atoms with Crippen molar-refractivity contribution in [1.82, 2.24) is 0 Å². The van der Waals surface area contributed by atoms with Crippen LogP contribution in [-0.2, 0) is 17.6 Å². The lowest BCUT2D eigenvalue weighted by Crippen LogP contribution is -2.20. The molecule has 1 heterocycles. The number of unbranched alkanes of at least 4 members (excludes halogenated alkanes) is 2. The highest BCUT2D eigenvalue weighted by atomic mass is 16.5. The Labute approximate surface area is 162 Å². The Morgan fingerprint density at radius 3 is 2.30 bits per heavy atom. The van der Waals surface area contributed by atoms with Crippen molar-refractivity contribution >= 4 is 11.6 Å². The average Bonchev–Trinajstić information content (AvgIpc) is 2.95. The number of aryl methyl sites for hydroxylation is 2. The number of benzene rings is 2. The minimum atomic E-state index is 0.117. The number of carbonyl (C=O) groups excluding carboxylic acids is 1. The van der Waals surface area contributed by atoms with Crippen molar-refractivity contribution in [2.45, 2.75) is 46.0 Å². The van der Waals surface area contributed by atoms with Crippen molar-refractivity contribution in [2.75, 3.05) is 26.2 Å². The van der Waals surface area contributed by atoms with Crippen molar-refractivity contribution in [3.05, 3.63) is 41.0 Å². The maximum atomic E-state index is 12.3. The van der Waals surface area contributed by atoms with Crippen LogP contribution >= 0.6 is 0 Å². The minimum Gasteiger partial charge on any atom is -0.496 e. The number of nitrogens with zero attached hydrogens (tertiary/aromatic N) is 1. The number of hydrogen-bond donors (Lipinski definition) is 0. The van der Waals surface area contributed by atoms with Crippen LogP contribution in [0.15, 0.2) is 24.3 Å². The van der Waals surface area contributed by atoms with E-state index in [-0.39, 0.29) is 5.91 Å². The molecule has 0 N–H and O–H groups in total. The van der Waals surface area contributed by atoms with Crippen molar-refractivity contribution in [2.24, 2.45) is 0 Å². The van der Waals surface area contributed by atoms with Gasteiger partial charge in [-0.3, -0.25) is 4.79 Å². The Kier molecular flexibility index (Phi) is 5.73. The fourth-order valence-electron chi connectivity index (χ4n) is 3.94. The number of hydrogen-bond acceptors (Lipinski definition) is 3. The van der Waals surface area contributed by atoms with Crippen LogP contribution < -0.4 is 14.4 Å². The smallest absolute Gasteiger partial charge is 0.231 e. The van der Waals surface area contributed by atoms with Gasteiger partial charge in [0, 0.05) is 12.7 Å². The van der Waals surface area contributed by atoms with E-state index < -0.39 is 0 Å². The number of likely N-dealkylation sites (N-methyl/N-ethyl adjacent to an activating group) is 1. The molecule has 0 fully saturated rings. The van der Waals surface area contributed by atoms with E-state index in [1.165, 1.54) is 18.4 Å². The molecular formula is C23H29NO3. The Balaban J connectivity index is 2.16. The van der Waals surface area contributed by atoms with E-state index in [1.54, 1.807) is 19.1 Å². The predicted molar refractivity (Wildman–Crippen MR) is 110 cm³/mol. The molecule has 0 aromatic heterocycles. The molecule has 2 aromatic carbocycles. The summed E-state index contributed by atoms with van der Waals surface area (Å²) in [4.78, 5) is 14.0. The molecule has 4 heteroatoms. The zero-order valence-corrected chi connectivity index (χ0v) is 17.0. The highest BCUT2D eigenvalue weighted by Gasteiger charge is 2.30. The summed E-state index contributed by atoms with van der Waals surface area (Å²) in [5.74, 6) is 1.73. The van der Waals surface area contributed by atoms with E-state index in [0.29, 0.717) is 6.42 Å². The molecule has 27 heavy (non-hydrogen) atoms. The first kappa shape index (κ1) is 19.3. The zero-order valence-electron chi connectivity index (χ0n) is 17.0. The van der Waals surface area contributed by atoms with Gasteiger partial charge in [-0.05, 0) is 60.2 Å². The molecule has 3 rings (SSSR count). The average molecular weight is 367 g/mol. The van der Waals surface area contributed by atoms with Crippen LogP contribution in [0.4, 0.5) is 5.69 Å². The molecule has 0 spiro atoms. The van der Waals surface area contributed by atoms with Gasteiger partial charge < -0.3 is 14.4 Å². The second-order valence-corrected chi connectivity index (χ2v) is 7.22. The Morgan fingerprint density at radius 1 is 1.04 bits per heavy atom. The summed E-state index contributed by atoms with van der Waals surface area (Å²) in [6, 6.07) is 8.33. The first-order valence-electron chi connectivity index (χ1n) is 9.66. The number of amides is 1. The molecule has 0 atom stereocenters. The van der Waals surface area contributed by atoms with Gasteiger partial charge in [-0.25, -0.2) is 0 Å². The third kappa shape index (κ3) is 3.53. The van der Waals surface area contributed by atoms with E-state index in [9.17, 15) is 4.79 Å². The van der Waals surface area contributed by atoms with Gasteiger partial charge >= 0.3 is 0 Å². The van der Waals surface area contributed by atoms with Crippen LogP contribution in [0.3, 0.4) is 0 Å². The van der Waals surface area contributed by atoms with Gasteiger partial charge in [-0.15, -0.1) is 0 Å². The monoisotopic (exact) mass is 367 g/mol. The van der Waals surface area contributed by atoms with Gasteiger partial charge in [0.1, 0.15) is 11.5 Å². The molecule has 0 aliphatic carbocycles. The van der Waals surface area contributed by atoms with Gasteiger partial charge in [-0.1, -0.05) is 25.8 Å². The highest BCUT2D eigenvalue weighted by molar-refractivity contribution is 6.04. The summed E-state index contributed by atoms with van der Waals surface area (Å²) in [6.07, 6.45) is 4.98. The second kappa shape index (κ2) is 8.03. The summed E-state index contributed by atoms with van der Waals surface area (Å²) < 4.78 is 11.6. The molecule has 2 aromatic rings. The predicted octanol–water partition coefficient (Wildman–Crippen LogP) is 4.93. The number of methoxy groups -OCH3 is 2. The topological polar surface area (TPSA) is 38.8 Å². The van der Waals surface area contributed by atoms with E-state index in [1.807, 2.05) is 13.1 Å². The first-order valence-corrected chi connectivity index (χ1v) is 9.66. The molecule has 1 amide bonds. The number of fused-ring (bicyclic) bond motifs is 1. The van der Waals surface area contributed by atoms with Crippen LogP contribution in [0.5, 0.6) is 11.5 Å². The lowest BCUT2D eigenvalue weighted by Gasteiger charge is -2.20. The molecular weight excluding hydrogens is 338 g/mol. The SMILES string of the molecule is CCCCCc1cc(OC)c(-c2c(C)ccc3c2CC(=O)N3C)c(OC)c1. The van der Waals surface area contributed by atoms with Crippen LogP contribution in [0.25, 0.3) is 11.1 Å². The second-order valence-electron chi connectivity index (χ2n) is 7.22. The van der Waals surface area contributed by atoms with Crippen molar-refractivity contribution in [1.29, 1.82) is 0 Å². The maximum Gasteiger partial charge on any atom is 0.231 e. The molecule has 1 aliphatic rings. The summed E-state index contributed by atoms with van der Waals surface area (Å²) in [6.45, 7) is 4.29. The van der Waals surface area contributed by atoms with E-state index >= 15 is 0 Å². The van der Waals surface area contributed by atoms with Gasteiger partial charge in [0.15, 0.2) is 0 Å². The molecule has 0 radical (unpaired) electrons.